The fraction of sp³-hybridized carbons (Fsp3) is 0.778. The monoisotopic (exact) mass is 185 g/mol. The molecule has 0 bridgehead atoms. The number of aliphatic carboxylic acids is 1. The normalized spacial score (nSPS) is 15.5. The minimum absolute atomic E-state index is 0.0209. The predicted molar refractivity (Wildman–Crippen MR) is 47.3 cm³/mol. The van der Waals surface area contributed by atoms with Crippen LogP contribution < -0.4 is 0 Å². The van der Waals surface area contributed by atoms with Crippen LogP contribution in [0, 0.1) is 0 Å². The second-order valence-corrected chi connectivity index (χ2v) is 3.40. The second-order valence-electron chi connectivity index (χ2n) is 3.40. The van der Waals surface area contributed by atoms with Gasteiger partial charge in [0, 0.05) is 12.5 Å². The maximum Gasteiger partial charge on any atom is 0.323 e. The summed E-state index contributed by atoms with van der Waals surface area (Å²) in [6, 6.07) is 0.204. The van der Waals surface area contributed by atoms with Crippen molar-refractivity contribution in [1.82, 2.24) is 4.90 Å². The summed E-state index contributed by atoms with van der Waals surface area (Å²) in [5.74, 6) is -0.941. The Balaban J connectivity index is 2.45. The van der Waals surface area contributed by atoms with Gasteiger partial charge in [-0.1, -0.05) is 6.92 Å². The highest BCUT2D eigenvalue weighted by molar-refractivity contribution is 5.81. The summed E-state index contributed by atoms with van der Waals surface area (Å²) in [6.07, 6.45) is 3.16. The zero-order valence-electron chi connectivity index (χ0n) is 7.82. The van der Waals surface area contributed by atoms with Crippen molar-refractivity contribution < 1.29 is 14.7 Å². The van der Waals surface area contributed by atoms with E-state index in [0.29, 0.717) is 6.42 Å². The van der Waals surface area contributed by atoms with Crippen LogP contribution in [-0.4, -0.2) is 34.5 Å². The lowest BCUT2D eigenvalue weighted by atomic mass is 10.3. The molecule has 4 nitrogen and oxygen atoms in total. The van der Waals surface area contributed by atoms with Crippen molar-refractivity contribution >= 4 is 11.9 Å². The van der Waals surface area contributed by atoms with Crippen molar-refractivity contribution in [3.8, 4) is 0 Å². The first-order valence-corrected chi connectivity index (χ1v) is 4.66. The van der Waals surface area contributed by atoms with E-state index in [1.165, 1.54) is 4.90 Å². The summed E-state index contributed by atoms with van der Waals surface area (Å²) >= 11 is 0. The third-order valence-electron chi connectivity index (χ3n) is 2.08. The van der Waals surface area contributed by atoms with Gasteiger partial charge >= 0.3 is 5.97 Å². The number of hydrogen-bond donors (Lipinski definition) is 1. The number of hydrogen-bond acceptors (Lipinski definition) is 2. The summed E-state index contributed by atoms with van der Waals surface area (Å²) in [4.78, 5) is 23.4. The Morgan fingerprint density at radius 3 is 2.46 bits per heavy atom. The zero-order valence-corrected chi connectivity index (χ0v) is 7.82. The molecule has 74 valence electrons. The van der Waals surface area contributed by atoms with Gasteiger partial charge in [-0.2, -0.15) is 0 Å². The van der Waals surface area contributed by atoms with Gasteiger partial charge in [0.25, 0.3) is 0 Å². The molecule has 1 N–H and O–H groups in total. The van der Waals surface area contributed by atoms with Crippen molar-refractivity contribution in [1.29, 1.82) is 0 Å². The first-order valence-electron chi connectivity index (χ1n) is 4.66. The van der Waals surface area contributed by atoms with Crippen LogP contribution in [0.15, 0.2) is 0 Å². The summed E-state index contributed by atoms with van der Waals surface area (Å²) < 4.78 is 0. The van der Waals surface area contributed by atoms with Gasteiger partial charge < -0.3 is 10.0 Å². The van der Waals surface area contributed by atoms with Crippen LogP contribution in [0.4, 0.5) is 0 Å². The van der Waals surface area contributed by atoms with Crippen molar-refractivity contribution in [2.24, 2.45) is 0 Å². The van der Waals surface area contributed by atoms with E-state index in [1.54, 1.807) is 0 Å². The fourth-order valence-electron chi connectivity index (χ4n) is 1.31. The molecule has 0 saturated heterocycles. The molecule has 0 radical (unpaired) electrons. The van der Waals surface area contributed by atoms with E-state index >= 15 is 0 Å². The standard InChI is InChI=1S/C9H15NO3/c1-2-3-8(11)10(6-9(12)13)7-4-5-7/h7H,2-6H2,1H3,(H,12,13). The molecule has 0 heterocycles. The molecule has 0 aliphatic heterocycles. The van der Waals surface area contributed by atoms with E-state index in [1.807, 2.05) is 6.92 Å². The SMILES string of the molecule is CCCC(=O)N(CC(=O)O)C1CC1. The Hall–Kier alpha value is -1.06. The van der Waals surface area contributed by atoms with Crippen LogP contribution in [-0.2, 0) is 9.59 Å². The summed E-state index contributed by atoms with van der Waals surface area (Å²) in [7, 11) is 0. The van der Waals surface area contributed by atoms with E-state index in [0.717, 1.165) is 19.3 Å². The first kappa shape index (κ1) is 10.0. The lowest BCUT2D eigenvalue weighted by Crippen LogP contribution is -2.37. The molecule has 0 atom stereocenters. The summed E-state index contributed by atoms with van der Waals surface area (Å²) in [5.41, 5.74) is 0. The van der Waals surface area contributed by atoms with Crippen LogP contribution in [0.1, 0.15) is 32.6 Å². The molecule has 1 amide bonds. The molecule has 0 aromatic rings. The van der Waals surface area contributed by atoms with Crippen LogP contribution in [0.2, 0.25) is 0 Å². The number of amides is 1. The number of carbonyl (C=O) groups excluding carboxylic acids is 1. The summed E-state index contributed by atoms with van der Waals surface area (Å²) in [5, 5.41) is 8.58. The minimum atomic E-state index is -0.920. The van der Waals surface area contributed by atoms with Gasteiger partial charge in [-0.25, -0.2) is 0 Å². The third-order valence-corrected chi connectivity index (χ3v) is 2.08. The van der Waals surface area contributed by atoms with Crippen molar-refractivity contribution in [3.05, 3.63) is 0 Å². The Labute approximate surface area is 77.5 Å². The molecular weight excluding hydrogens is 170 g/mol. The first-order chi connectivity index (χ1) is 6.15. The highest BCUT2D eigenvalue weighted by Gasteiger charge is 2.33. The van der Waals surface area contributed by atoms with E-state index in [4.69, 9.17) is 5.11 Å². The molecule has 0 aromatic carbocycles. The van der Waals surface area contributed by atoms with Crippen LogP contribution in [0.3, 0.4) is 0 Å². The number of carbonyl (C=O) groups is 2. The highest BCUT2D eigenvalue weighted by Crippen LogP contribution is 2.27. The molecule has 1 aliphatic carbocycles. The maximum absolute atomic E-state index is 11.4. The van der Waals surface area contributed by atoms with Gasteiger partial charge in [0.1, 0.15) is 6.54 Å². The van der Waals surface area contributed by atoms with Gasteiger partial charge in [0.05, 0.1) is 0 Å². The molecule has 1 saturated carbocycles. The molecule has 0 unspecified atom stereocenters. The minimum Gasteiger partial charge on any atom is -0.480 e. The van der Waals surface area contributed by atoms with Gasteiger partial charge in [0.15, 0.2) is 0 Å². The van der Waals surface area contributed by atoms with Crippen LogP contribution in [0.5, 0.6) is 0 Å². The molecular formula is C9H15NO3. The smallest absolute Gasteiger partial charge is 0.323 e. The number of carboxylic acid groups (broad SMARTS) is 1. The molecule has 4 heteroatoms. The fourth-order valence-corrected chi connectivity index (χ4v) is 1.31. The molecule has 0 spiro atoms. The Bertz CT molecular complexity index is 211. The topological polar surface area (TPSA) is 57.6 Å². The van der Waals surface area contributed by atoms with Gasteiger partial charge in [-0.15, -0.1) is 0 Å². The molecule has 13 heavy (non-hydrogen) atoms. The number of nitrogens with zero attached hydrogens (tertiary/aromatic N) is 1. The molecule has 1 rings (SSSR count). The lowest BCUT2D eigenvalue weighted by Gasteiger charge is -2.19. The maximum atomic E-state index is 11.4. The van der Waals surface area contributed by atoms with Crippen molar-refractivity contribution in [3.63, 3.8) is 0 Å². The van der Waals surface area contributed by atoms with Crippen LogP contribution >= 0.6 is 0 Å². The van der Waals surface area contributed by atoms with E-state index in [-0.39, 0.29) is 18.5 Å². The molecule has 1 fully saturated rings. The zero-order chi connectivity index (χ0) is 9.84. The van der Waals surface area contributed by atoms with E-state index < -0.39 is 5.97 Å². The van der Waals surface area contributed by atoms with Gasteiger partial charge in [-0.3, -0.25) is 9.59 Å². The quantitative estimate of drug-likeness (QED) is 0.691. The number of rotatable bonds is 5. The molecule has 1 aliphatic rings. The average Bonchev–Trinajstić information content (AvgIpc) is 2.82. The Kier molecular flexibility index (Phi) is 3.28. The molecule has 0 aromatic heterocycles. The van der Waals surface area contributed by atoms with Crippen molar-refractivity contribution in [2.45, 2.75) is 38.6 Å². The van der Waals surface area contributed by atoms with Crippen LogP contribution in [0.25, 0.3) is 0 Å². The van der Waals surface area contributed by atoms with E-state index in [9.17, 15) is 9.59 Å². The third kappa shape index (κ3) is 3.05. The Morgan fingerprint density at radius 1 is 1.46 bits per heavy atom. The average molecular weight is 185 g/mol. The lowest BCUT2D eigenvalue weighted by molar-refractivity contribution is -0.144. The van der Waals surface area contributed by atoms with Gasteiger partial charge in [0.2, 0.25) is 5.91 Å². The second kappa shape index (κ2) is 4.25. The highest BCUT2D eigenvalue weighted by atomic mass is 16.4. The van der Waals surface area contributed by atoms with E-state index in [2.05, 4.69) is 0 Å². The largest absolute Gasteiger partial charge is 0.480 e. The number of carboxylic acids is 1. The summed E-state index contributed by atoms with van der Waals surface area (Å²) in [6.45, 7) is 1.78. The van der Waals surface area contributed by atoms with Gasteiger partial charge in [-0.05, 0) is 19.3 Å². The Morgan fingerprint density at radius 2 is 2.08 bits per heavy atom. The predicted octanol–water partition coefficient (Wildman–Crippen LogP) is 0.862. The van der Waals surface area contributed by atoms with Crippen molar-refractivity contribution in [2.75, 3.05) is 6.54 Å².